The number of ether oxygens (including phenoxy) is 2. The zero-order valence-electron chi connectivity index (χ0n) is 45.3. The summed E-state index contributed by atoms with van der Waals surface area (Å²) in [6.07, 6.45) is 9.78. The van der Waals surface area contributed by atoms with Gasteiger partial charge in [-0.2, -0.15) is 0 Å². The number of aliphatic hydroxyl groups is 11. The van der Waals surface area contributed by atoms with E-state index in [1.807, 2.05) is 0 Å². The Bertz CT molecular complexity index is 1420. The van der Waals surface area contributed by atoms with E-state index in [1.165, 1.54) is 135 Å². The van der Waals surface area contributed by atoms with E-state index in [4.69, 9.17) is 18.5 Å². The van der Waals surface area contributed by atoms with Crippen LogP contribution in [0.5, 0.6) is 0 Å². The number of carbonyl (C=O) groups is 1. The normalized spacial score (nSPS) is 27.9. The van der Waals surface area contributed by atoms with Gasteiger partial charge in [0.2, 0.25) is 5.91 Å². The minimum atomic E-state index is -5.74. The molecule has 1 aliphatic heterocycles. The summed E-state index contributed by atoms with van der Waals surface area (Å²) in [5.41, 5.74) is 0. The monoisotopic (exact) mass is 1090 g/mol. The fraction of sp³-hybridized carbons (Fsp3) is 0.981. The Labute approximate surface area is 443 Å². The second-order valence-electron chi connectivity index (χ2n) is 21.4. The van der Waals surface area contributed by atoms with E-state index in [1.54, 1.807) is 0 Å². The molecule has 19 nitrogen and oxygen atoms in total. The van der Waals surface area contributed by atoms with Crippen LogP contribution in [0.2, 0.25) is 0 Å². The molecule has 2 aliphatic rings. The molecule has 0 aromatic heterocycles. The van der Waals surface area contributed by atoms with Gasteiger partial charge in [0.15, 0.2) is 6.29 Å². The molecule has 74 heavy (non-hydrogen) atoms. The number of phosphoric ester groups is 1. The number of amides is 1. The quantitative estimate of drug-likeness (QED) is 0.0269. The van der Waals surface area contributed by atoms with Crippen molar-refractivity contribution in [3.63, 3.8) is 0 Å². The minimum absolute atomic E-state index is 0.0882. The van der Waals surface area contributed by atoms with Gasteiger partial charge in [-0.25, -0.2) is 0 Å². The number of carbonyl (C=O) groups excluding carboxylic acids is 1. The molecule has 12 N–H and O–H groups in total. The summed E-state index contributed by atoms with van der Waals surface area (Å²) in [4.78, 5) is 26.8. The SMILES string of the molecule is CCCCCCCCCCCCCCCCCCCCCCC(O)C(=O)N[C@@H](COP(=O)([O-])O[C@@H]1[C@H](O)[C@H](O)[C@@H](O)[C@H](O)[C@H]1O[C@@H]1O[C@H](CO)[C@@H](O)[C@H](O)[C@@H]1O)[C@H](O)C(O)CCCCCCCCCCCCCC. The lowest BCUT2D eigenvalue weighted by Gasteiger charge is -2.47. The summed E-state index contributed by atoms with van der Waals surface area (Å²) in [5.74, 6) is -0.939. The Morgan fingerprint density at radius 3 is 1.30 bits per heavy atom. The third-order valence-corrected chi connectivity index (χ3v) is 15.9. The van der Waals surface area contributed by atoms with Crippen LogP contribution in [-0.4, -0.2) is 167 Å². The van der Waals surface area contributed by atoms with Crippen molar-refractivity contribution in [3.05, 3.63) is 0 Å². The molecule has 0 bridgehead atoms. The molecule has 1 saturated heterocycles. The number of nitrogens with one attached hydrogen (secondary N) is 1. The molecule has 0 radical (unpaired) electrons. The van der Waals surface area contributed by atoms with Gasteiger partial charge in [0.1, 0.15) is 73.2 Å². The van der Waals surface area contributed by atoms with E-state index in [-0.39, 0.29) is 12.8 Å². The fourth-order valence-corrected chi connectivity index (χ4v) is 11.0. The highest BCUT2D eigenvalue weighted by Crippen LogP contribution is 2.44. The smallest absolute Gasteiger partial charge is 0.268 e. The van der Waals surface area contributed by atoms with Gasteiger partial charge in [-0.15, -0.1) is 0 Å². The van der Waals surface area contributed by atoms with Crippen LogP contribution in [0.3, 0.4) is 0 Å². The lowest BCUT2D eigenvalue weighted by Crippen LogP contribution is -2.67. The van der Waals surface area contributed by atoms with Gasteiger partial charge in [-0.1, -0.05) is 219 Å². The first-order chi connectivity index (χ1) is 35.5. The molecule has 0 aromatic rings. The summed E-state index contributed by atoms with van der Waals surface area (Å²) >= 11 is 0. The maximum Gasteiger partial charge on any atom is 0.268 e. The predicted molar refractivity (Wildman–Crippen MR) is 279 cm³/mol. The topological polar surface area (TPSA) is 329 Å². The average Bonchev–Trinajstić information content (AvgIpc) is 3.38. The van der Waals surface area contributed by atoms with Gasteiger partial charge in [-0.3, -0.25) is 9.36 Å². The summed E-state index contributed by atoms with van der Waals surface area (Å²) in [7, 11) is -5.74. The molecular weight excluding hydrogens is 982 g/mol. The van der Waals surface area contributed by atoms with Crippen molar-refractivity contribution < 1.29 is 88.9 Å². The highest BCUT2D eigenvalue weighted by Gasteiger charge is 2.54. The Morgan fingerprint density at radius 2 is 0.892 bits per heavy atom. The summed E-state index contributed by atoms with van der Waals surface area (Å²) in [6.45, 7) is 2.52. The molecule has 1 heterocycles. The molecule has 2 rings (SSSR count). The molecule has 3 unspecified atom stereocenters. The lowest BCUT2D eigenvalue weighted by atomic mass is 9.84. The molecule has 16 atom stereocenters. The Hall–Kier alpha value is -0.940. The molecule has 20 heteroatoms. The largest absolute Gasteiger partial charge is 0.756 e. The van der Waals surface area contributed by atoms with Gasteiger partial charge in [0.25, 0.3) is 7.82 Å². The van der Waals surface area contributed by atoms with Crippen LogP contribution >= 0.6 is 7.82 Å². The molecule has 1 aliphatic carbocycles. The van der Waals surface area contributed by atoms with Gasteiger partial charge in [-0.05, 0) is 12.8 Å². The summed E-state index contributed by atoms with van der Waals surface area (Å²) < 4.78 is 34.4. The van der Waals surface area contributed by atoms with E-state index in [0.717, 1.165) is 57.8 Å². The number of rotatable bonds is 46. The van der Waals surface area contributed by atoms with Crippen molar-refractivity contribution >= 4 is 13.7 Å². The molecule has 1 saturated carbocycles. The van der Waals surface area contributed by atoms with Crippen molar-refractivity contribution in [2.75, 3.05) is 13.2 Å². The van der Waals surface area contributed by atoms with Crippen molar-refractivity contribution in [2.45, 2.75) is 324 Å². The summed E-state index contributed by atoms with van der Waals surface area (Å²) in [5, 5.41) is 119. The maximum absolute atomic E-state index is 13.5. The van der Waals surface area contributed by atoms with Crippen LogP contribution in [0.4, 0.5) is 0 Å². The molecular formula is C54H105NO18P-. The highest BCUT2D eigenvalue weighted by molar-refractivity contribution is 7.45. The molecule has 0 spiro atoms. The number of aliphatic hydroxyl groups excluding tert-OH is 11. The average molecular weight is 1090 g/mol. The predicted octanol–water partition coefficient (Wildman–Crippen LogP) is 5.37. The van der Waals surface area contributed by atoms with Crippen molar-refractivity contribution in [1.82, 2.24) is 5.32 Å². The molecule has 1 amide bonds. The van der Waals surface area contributed by atoms with Crippen LogP contribution in [-0.2, 0) is 27.9 Å². The first-order valence-corrected chi connectivity index (χ1v) is 30.6. The van der Waals surface area contributed by atoms with Crippen LogP contribution in [0.15, 0.2) is 0 Å². The van der Waals surface area contributed by atoms with Crippen molar-refractivity contribution in [1.29, 1.82) is 0 Å². The van der Waals surface area contributed by atoms with Gasteiger partial charge in [0.05, 0.1) is 25.4 Å². The minimum Gasteiger partial charge on any atom is -0.756 e. The fourth-order valence-electron chi connectivity index (χ4n) is 10.0. The number of unbranched alkanes of at least 4 members (excludes halogenated alkanes) is 30. The Kier molecular flexibility index (Phi) is 38.4. The zero-order chi connectivity index (χ0) is 54.7. The standard InChI is InChI=1S/C54H106NO18P/c1-3-5-7-9-11-13-15-17-18-19-20-21-22-23-24-26-28-30-32-34-36-41(58)53(67)55-39(43(59)40(57)35-33-31-29-27-25-16-14-12-10-8-6-4-2)38-70-74(68,69)73-52-49(65)47(63)46(62)48(64)51(52)72-54-50(66)45(61)44(60)42(37-56)71-54/h39-52,54,56-66H,3-38H2,1-2H3,(H,55,67)(H,68,69)/p-1/t39-,40?,41?,42+,43-,44+,45-,46+,47+,48-,49+,50-,51+,52+,54-/m0/s1. The van der Waals surface area contributed by atoms with Gasteiger partial charge < -0.3 is 84.9 Å². The molecule has 2 fully saturated rings. The third kappa shape index (κ3) is 27.8. The van der Waals surface area contributed by atoms with Gasteiger partial charge in [0, 0.05) is 0 Å². The van der Waals surface area contributed by atoms with Crippen molar-refractivity contribution in [2.24, 2.45) is 0 Å². The van der Waals surface area contributed by atoms with Crippen LogP contribution in [0.25, 0.3) is 0 Å². The number of hydrogen-bond acceptors (Lipinski definition) is 18. The van der Waals surface area contributed by atoms with E-state index >= 15 is 0 Å². The highest BCUT2D eigenvalue weighted by atomic mass is 31.2. The second kappa shape index (κ2) is 41.1. The van der Waals surface area contributed by atoms with E-state index < -0.39 is 119 Å². The third-order valence-electron chi connectivity index (χ3n) is 15.0. The lowest BCUT2D eigenvalue weighted by molar-refractivity contribution is -0.341. The van der Waals surface area contributed by atoms with E-state index in [0.29, 0.717) is 12.8 Å². The van der Waals surface area contributed by atoms with E-state index in [9.17, 15) is 70.4 Å². The molecule has 0 aromatic carbocycles. The van der Waals surface area contributed by atoms with Crippen LogP contribution in [0.1, 0.15) is 232 Å². The summed E-state index contributed by atoms with van der Waals surface area (Å²) in [6, 6.07) is -1.62. The van der Waals surface area contributed by atoms with E-state index in [2.05, 4.69) is 19.2 Å². The number of hydrogen-bond donors (Lipinski definition) is 12. The van der Waals surface area contributed by atoms with Crippen LogP contribution in [0, 0.1) is 0 Å². The zero-order valence-corrected chi connectivity index (χ0v) is 46.2. The molecule has 440 valence electrons. The van der Waals surface area contributed by atoms with Crippen molar-refractivity contribution in [3.8, 4) is 0 Å². The van der Waals surface area contributed by atoms with Gasteiger partial charge >= 0.3 is 0 Å². The Balaban J connectivity index is 1.93. The second-order valence-corrected chi connectivity index (χ2v) is 22.8. The van der Waals surface area contributed by atoms with Crippen LogP contribution < -0.4 is 10.2 Å². The Morgan fingerprint density at radius 1 is 0.527 bits per heavy atom. The number of phosphoric acid groups is 1. The maximum atomic E-state index is 13.5. The first-order valence-electron chi connectivity index (χ1n) is 29.2. The first kappa shape index (κ1) is 69.2.